The van der Waals surface area contributed by atoms with Crippen molar-refractivity contribution in [2.45, 2.75) is 109 Å². The van der Waals surface area contributed by atoms with Crippen LogP contribution in [0.2, 0.25) is 0 Å². The topological polar surface area (TPSA) is 64.7 Å². The Morgan fingerprint density at radius 3 is 2.56 bits per heavy atom. The van der Waals surface area contributed by atoms with Crippen molar-refractivity contribution < 1.29 is 14.0 Å². The monoisotopic (exact) mass is 498 g/mol. The molecule has 2 amide bonds. The minimum absolute atomic E-state index is 0.0600. The zero-order valence-electron chi connectivity index (χ0n) is 22.2. The first-order valence-electron chi connectivity index (χ1n) is 14.2. The Labute approximate surface area is 215 Å². The molecule has 3 fully saturated rings. The summed E-state index contributed by atoms with van der Waals surface area (Å²) in [6.45, 7) is 8.36. The van der Waals surface area contributed by atoms with Gasteiger partial charge in [0.15, 0.2) is 0 Å². The van der Waals surface area contributed by atoms with Gasteiger partial charge in [-0.1, -0.05) is 25.3 Å². The van der Waals surface area contributed by atoms with Gasteiger partial charge in [-0.3, -0.25) is 14.5 Å². The van der Waals surface area contributed by atoms with Crippen molar-refractivity contribution in [2.75, 3.05) is 25.0 Å². The van der Waals surface area contributed by atoms with Gasteiger partial charge in [0.25, 0.3) is 0 Å². The number of benzene rings is 1. The van der Waals surface area contributed by atoms with Crippen molar-refractivity contribution in [1.29, 1.82) is 0 Å². The second kappa shape index (κ2) is 10.3. The number of hydrogen-bond donors (Lipinski definition) is 2. The van der Waals surface area contributed by atoms with Gasteiger partial charge < -0.3 is 15.5 Å². The van der Waals surface area contributed by atoms with Crippen LogP contribution in [0.5, 0.6) is 0 Å². The molecular weight excluding hydrogens is 455 g/mol. The highest BCUT2D eigenvalue weighted by atomic mass is 19.1. The van der Waals surface area contributed by atoms with E-state index in [1.807, 2.05) is 17.9 Å². The third kappa shape index (κ3) is 4.75. The lowest BCUT2D eigenvalue weighted by molar-refractivity contribution is -0.134. The highest BCUT2D eigenvalue weighted by molar-refractivity contribution is 5.93. The summed E-state index contributed by atoms with van der Waals surface area (Å²) in [4.78, 5) is 30.5. The zero-order valence-corrected chi connectivity index (χ0v) is 22.2. The number of carbonyl (C=O) groups excluding carboxylic acids is 2. The fourth-order valence-corrected chi connectivity index (χ4v) is 7.52. The third-order valence-electron chi connectivity index (χ3n) is 9.54. The second-order valence-electron chi connectivity index (χ2n) is 11.9. The highest BCUT2D eigenvalue weighted by Gasteiger charge is 2.51. The number of amides is 2. The number of anilines is 1. The van der Waals surface area contributed by atoms with E-state index in [1.54, 1.807) is 13.0 Å². The molecule has 2 aliphatic carbocycles. The summed E-state index contributed by atoms with van der Waals surface area (Å²) in [7, 11) is 0. The molecule has 0 spiro atoms. The first kappa shape index (κ1) is 25.5. The largest absolute Gasteiger partial charge is 0.370 e. The first-order chi connectivity index (χ1) is 17.3. The Morgan fingerprint density at radius 2 is 1.86 bits per heavy atom. The van der Waals surface area contributed by atoms with E-state index in [2.05, 4.69) is 22.5 Å². The predicted octanol–water partition coefficient (Wildman–Crippen LogP) is 4.40. The van der Waals surface area contributed by atoms with Crippen molar-refractivity contribution in [3.8, 4) is 0 Å². The smallest absolute Gasteiger partial charge is 0.246 e. The van der Waals surface area contributed by atoms with Crippen LogP contribution in [0.3, 0.4) is 0 Å². The summed E-state index contributed by atoms with van der Waals surface area (Å²) < 4.78 is 14.9. The summed E-state index contributed by atoms with van der Waals surface area (Å²) in [5.41, 5.74) is 1.75. The number of rotatable bonds is 4. The minimum atomic E-state index is -0.760. The summed E-state index contributed by atoms with van der Waals surface area (Å²) in [5.74, 6) is 0.230. The highest BCUT2D eigenvalue weighted by Crippen LogP contribution is 2.45. The summed E-state index contributed by atoms with van der Waals surface area (Å²) in [6, 6.07) is 4.15. The molecule has 5 rings (SSSR count). The van der Waals surface area contributed by atoms with E-state index in [-0.39, 0.29) is 35.6 Å². The fourth-order valence-electron chi connectivity index (χ4n) is 7.52. The minimum Gasteiger partial charge on any atom is -0.370 e. The van der Waals surface area contributed by atoms with Crippen LogP contribution in [-0.2, 0) is 16.0 Å². The van der Waals surface area contributed by atoms with Crippen LogP contribution in [0.25, 0.3) is 0 Å². The van der Waals surface area contributed by atoms with Crippen LogP contribution in [0.1, 0.15) is 82.8 Å². The van der Waals surface area contributed by atoms with Crippen LogP contribution in [0.15, 0.2) is 12.1 Å². The Balaban J connectivity index is 1.30. The molecule has 2 aliphatic heterocycles. The summed E-state index contributed by atoms with van der Waals surface area (Å²) >= 11 is 0. The molecule has 2 saturated carbocycles. The number of nitrogens with one attached hydrogen (secondary N) is 2. The quantitative estimate of drug-likeness (QED) is 0.646. The number of carbonyl (C=O) groups is 2. The molecule has 0 aromatic heterocycles. The van der Waals surface area contributed by atoms with Crippen LogP contribution < -0.4 is 10.6 Å². The molecule has 6 nitrogen and oxygen atoms in total. The summed E-state index contributed by atoms with van der Waals surface area (Å²) in [6.07, 6.45) is 10.1. The molecule has 2 heterocycles. The maximum atomic E-state index is 14.9. The van der Waals surface area contributed by atoms with E-state index in [4.69, 9.17) is 0 Å². The lowest BCUT2D eigenvalue weighted by atomic mass is 9.72. The van der Waals surface area contributed by atoms with Crippen molar-refractivity contribution in [3.05, 3.63) is 29.1 Å². The number of halogens is 1. The Kier molecular flexibility index (Phi) is 7.30. The Bertz CT molecular complexity index is 961. The molecule has 2 N–H and O–H groups in total. The van der Waals surface area contributed by atoms with Crippen molar-refractivity contribution in [1.82, 2.24) is 15.1 Å². The summed E-state index contributed by atoms with van der Waals surface area (Å²) in [5, 5.41) is 7.08. The second-order valence-corrected chi connectivity index (χ2v) is 11.9. The van der Waals surface area contributed by atoms with Gasteiger partial charge in [0.2, 0.25) is 11.8 Å². The van der Waals surface area contributed by atoms with Crippen LogP contribution >= 0.6 is 0 Å². The normalized spacial score (nSPS) is 31.6. The van der Waals surface area contributed by atoms with Gasteiger partial charge in [-0.05, 0) is 69.9 Å². The van der Waals surface area contributed by atoms with E-state index >= 15 is 0 Å². The molecule has 198 valence electrons. The lowest BCUT2D eigenvalue weighted by Crippen LogP contribution is -2.61. The number of aryl methyl sites for hydroxylation is 1. The average molecular weight is 499 g/mol. The van der Waals surface area contributed by atoms with Gasteiger partial charge in [-0.25, -0.2) is 4.39 Å². The van der Waals surface area contributed by atoms with Crippen molar-refractivity contribution in [2.24, 2.45) is 5.92 Å². The Morgan fingerprint density at radius 1 is 1.08 bits per heavy atom. The number of nitrogens with zero attached hydrogens (tertiary/aromatic N) is 2. The van der Waals surface area contributed by atoms with Gasteiger partial charge in [0, 0.05) is 62.4 Å². The zero-order chi connectivity index (χ0) is 25.4. The average Bonchev–Trinajstić information content (AvgIpc) is 3.30. The molecule has 7 heteroatoms. The fraction of sp³-hybridized carbons (Fsp3) is 0.724. The van der Waals surface area contributed by atoms with Crippen LogP contribution in [0.4, 0.5) is 10.1 Å². The molecule has 1 aromatic carbocycles. The van der Waals surface area contributed by atoms with Gasteiger partial charge >= 0.3 is 0 Å². The maximum absolute atomic E-state index is 14.9. The van der Waals surface area contributed by atoms with Gasteiger partial charge in [0.05, 0.1) is 0 Å². The van der Waals surface area contributed by atoms with Crippen LogP contribution in [0, 0.1) is 18.7 Å². The molecule has 0 bridgehead atoms. The molecule has 1 saturated heterocycles. The molecule has 0 radical (unpaired) electrons. The van der Waals surface area contributed by atoms with Gasteiger partial charge in [-0.2, -0.15) is 0 Å². The molecule has 2 unspecified atom stereocenters. The molecular formula is C29H43FN4O2. The van der Waals surface area contributed by atoms with Crippen LogP contribution in [-0.4, -0.2) is 64.9 Å². The van der Waals surface area contributed by atoms with E-state index < -0.39 is 5.54 Å². The Hall–Kier alpha value is -2.15. The van der Waals surface area contributed by atoms with Gasteiger partial charge in [-0.15, -0.1) is 0 Å². The predicted molar refractivity (Wildman–Crippen MR) is 140 cm³/mol. The van der Waals surface area contributed by atoms with Crippen molar-refractivity contribution >= 4 is 17.5 Å². The lowest BCUT2D eigenvalue weighted by Gasteiger charge is -2.46. The molecule has 1 aromatic rings. The SMILES string of the molecule is CC(=O)N1CCN(C2CCC[C@@H](NC(=O)C3(C4CCCCC4)Cc4c(F)ccc(C)c4N3)C2)C[C@@H]1C. The van der Waals surface area contributed by atoms with Gasteiger partial charge in [0.1, 0.15) is 11.4 Å². The molecule has 36 heavy (non-hydrogen) atoms. The number of fused-ring (bicyclic) bond motifs is 1. The molecule has 4 atom stereocenters. The number of piperazine rings is 1. The third-order valence-corrected chi connectivity index (χ3v) is 9.54. The maximum Gasteiger partial charge on any atom is 0.246 e. The van der Waals surface area contributed by atoms with E-state index in [0.717, 1.165) is 82.3 Å². The van der Waals surface area contributed by atoms with Crippen molar-refractivity contribution in [3.63, 3.8) is 0 Å². The van der Waals surface area contributed by atoms with E-state index in [1.165, 1.54) is 6.42 Å². The standard InChI is InChI=1S/C29H43FN4O2/c1-19-12-13-26(30)25-17-29(32-27(19)25,22-8-5-4-6-9-22)28(36)31-23-10-7-11-24(16-23)33-14-15-34(21(3)35)20(2)18-33/h12-13,20,22-24,32H,4-11,14-18H2,1-3H3,(H,31,36)/t20-,23+,24?,29?/m0/s1. The number of hydrogen-bond acceptors (Lipinski definition) is 4. The van der Waals surface area contributed by atoms with E-state index in [9.17, 15) is 14.0 Å². The first-order valence-corrected chi connectivity index (χ1v) is 14.2. The van der Waals surface area contributed by atoms with E-state index in [0.29, 0.717) is 18.0 Å². The molecule has 4 aliphatic rings.